The second-order valence-electron chi connectivity index (χ2n) is 7.95. The number of ether oxygens (including phenoxy) is 2. The van der Waals surface area contributed by atoms with E-state index in [0.717, 1.165) is 28.4 Å². The third kappa shape index (κ3) is 6.37. The van der Waals surface area contributed by atoms with Crippen LogP contribution in [0.5, 0.6) is 5.75 Å². The minimum absolute atomic E-state index is 0.0139. The predicted molar refractivity (Wildman–Crippen MR) is 129 cm³/mol. The maximum atomic E-state index is 9.70. The Labute approximate surface area is 198 Å². The van der Waals surface area contributed by atoms with Crippen LogP contribution in [0.3, 0.4) is 0 Å². The summed E-state index contributed by atoms with van der Waals surface area (Å²) in [6.45, 7) is 3.92. The summed E-state index contributed by atoms with van der Waals surface area (Å²) in [6, 6.07) is 14.3. The van der Waals surface area contributed by atoms with Gasteiger partial charge in [-0.1, -0.05) is 29.5 Å². The van der Waals surface area contributed by atoms with Gasteiger partial charge in [0.25, 0.3) is 0 Å². The molecule has 0 atom stereocenters. The smallest absolute Gasteiger partial charge is 0.243 e. The summed E-state index contributed by atoms with van der Waals surface area (Å²) in [5.74, 6) is 0.176. The molecule has 7 nitrogen and oxygen atoms in total. The monoisotopic (exact) mass is 464 g/mol. The normalized spacial score (nSPS) is 12.3. The van der Waals surface area contributed by atoms with Crippen molar-refractivity contribution in [1.82, 2.24) is 10.2 Å². The molecule has 1 aliphatic carbocycles. The van der Waals surface area contributed by atoms with Crippen LogP contribution in [0.15, 0.2) is 36.4 Å². The lowest BCUT2D eigenvalue weighted by Gasteiger charge is -2.17. The summed E-state index contributed by atoms with van der Waals surface area (Å²) >= 11 is 1.58. The maximum absolute atomic E-state index is 9.70. The van der Waals surface area contributed by atoms with Crippen LogP contribution in [-0.2, 0) is 22.4 Å². The van der Waals surface area contributed by atoms with Gasteiger partial charge in [-0.3, -0.25) is 4.79 Å². The van der Waals surface area contributed by atoms with Crippen molar-refractivity contribution in [2.75, 3.05) is 13.7 Å². The van der Waals surface area contributed by atoms with E-state index in [1.54, 1.807) is 11.3 Å². The van der Waals surface area contributed by atoms with Crippen LogP contribution >= 0.6 is 11.3 Å². The van der Waals surface area contributed by atoms with Crippen molar-refractivity contribution in [2.24, 2.45) is 5.73 Å². The van der Waals surface area contributed by atoms with Crippen molar-refractivity contribution in [1.29, 1.82) is 5.26 Å². The number of methoxy groups -OCH3 is 1. The van der Waals surface area contributed by atoms with Crippen molar-refractivity contribution >= 4 is 17.2 Å². The number of amides is 1. The van der Waals surface area contributed by atoms with Gasteiger partial charge in [-0.25, -0.2) is 0 Å². The number of rotatable bonds is 6. The molecule has 172 valence electrons. The number of aromatic nitrogens is 2. The standard InChI is InChI=1S/C22H21N3OS.C3H7NO2/c1-14(2)26-20-11-10-16(12-17(20)13-23)21-24-25-22(27-21)19-9-5-7-15-6-3-4-8-18(15)19;1-6-2-3(4)5/h5,7,9-12,14H,3-4,6,8H2,1-2H3;2H2,1H3,(H2,4,5). The Balaban J connectivity index is 0.000000454. The van der Waals surface area contributed by atoms with Gasteiger partial charge in [-0.2, -0.15) is 5.26 Å². The molecule has 0 bridgehead atoms. The largest absolute Gasteiger partial charge is 0.490 e. The summed E-state index contributed by atoms with van der Waals surface area (Å²) in [6.07, 6.45) is 4.79. The van der Waals surface area contributed by atoms with Crippen LogP contribution in [0, 0.1) is 11.3 Å². The van der Waals surface area contributed by atoms with Crippen LogP contribution in [0.25, 0.3) is 21.1 Å². The summed E-state index contributed by atoms with van der Waals surface area (Å²) in [5, 5.41) is 20.1. The first-order chi connectivity index (χ1) is 15.9. The molecule has 1 heterocycles. The van der Waals surface area contributed by atoms with E-state index in [4.69, 9.17) is 4.74 Å². The average molecular weight is 465 g/mol. The van der Waals surface area contributed by atoms with E-state index in [2.05, 4.69) is 44.9 Å². The molecule has 2 aromatic carbocycles. The molecule has 0 spiro atoms. The fourth-order valence-electron chi connectivity index (χ4n) is 3.68. The molecule has 3 aromatic rings. The van der Waals surface area contributed by atoms with E-state index in [1.165, 1.54) is 36.6 Å². The summed E-state index contributed by atoms with van der Waals surface area (Å²) in [5.41, 5.74) is 10.1. The number of nitrogens with zero attached hydrogens (tertiary/aromatic N) is 3. The number of nitrogens with two attached hydrogens (primary N) is 1. The van der Waals surface area contributed by atoms with E-state index >= 15 is 0 Å². The molecule has 8 heteroatoms. The SMILES string of the molecule is CC(C)Oc1ccc(-c2nnc(-c3cccc4c3CCCC4)s2)cc1C#N.COCC(N)=O. The number of hydrogen-bond acceptors (Lipinski definition) is 7. The molecule has 4 rings (SSSR count). The third-order valence-electron chi connectivity index (χ3n) is 5.05. The van der Waals surface area contributed by atoms with Gasteiger partial charge in [0.1, 0.15) is 28.4 Å². The molecular formula is C25H28N4O3S. The minimum atomic E-state index is -0.433. The highest BCUT2D eigenvalue weighted by atomic mass is 32.1. The zero-order chi connectivity index (χ0) is 23.8. The molecule has 1 amide bonds. The van der Waals surface area contributed by atoms with Crippen LogP contribution in [0.4, 0.5) is 0 Å². The van der Waals surface area contributed by atoms with Gasteiger partial charge in [0, 0.05) is 18.2 Å². The lowest BCUT2D eigenvalue weighted by atomic mass is 9.88. The van der Waals surface area contributed by atoms with E-state index in [-0.39, 0.29) is 12.7 Å². The number of benzene rings is 2. The number of fused-ring (bicyclic) bond motifs is 1. The Morgan fingerprint density at radius 2 is 1.94 bits per heavy atom. The fraction of sp³-hybridized carbons (Fsp3) is 0.360. The van der Waals surface area contributed by atoms with Crippen molar-refractivity contribution < 1.29 is 14.3 Å². The lowest BCUT2D eigenvalue weighted by Crippen LogP contribution is -2.16. The molecule has 0 saturated heterocycles. The Morgan fingerprint density at radius 1 is 1.18 bits per heavy atom. The van der Waals surface area contributed by atoms with E-state index in [1.807, 2.05) is 32.0 Å². The van der Waals surface area contributed by atoms with Crippen LogP contribution in [0.1, 0.15) is 43.4 Å². The van der Waals surface area contributed by atoms with Crippen molar-refractivity contribution in [3.05, 3.63) is 53.1 Å². The molecular weight excluding hydrogens is 436 g/mol. The predicted octanol–water partition coefficient (Wildman–Crippen LogP) is 4.53. The number of carbonyl (C=O) groups excluding carboxylic acids is 1. The van der Waals surface area contributed by atoms with Gasteiger partial charge in [0.15, 0.2) is 0 Å². The lowest BCUT2D eigenvalue weighted by molar-refractivity contribution is -0.121. The van der Waals surface area contributed by atoms with Crippen LogP contribution < -0.4 is 10.5 Å². The van der Waals surface area contributed by atoms with Gasteiger partial charge in [0.2, 0.25) is 5.91 Å². The Hall–Kier alpha value is -3.28. The fourth-order valence-corrected chi connectivity index (χ4v) is 4.57. The quantitative estimate of drug-likeness (QED) is 0.574. The molecule has 2 N–H and O–H groups in total. The van der Waals surface area contributed by atoms with Crippen molar-refractivity contribution in [3.63, 3.8) is 0 Å². The topological polar surface area (TPSA) is 111 Å². The first kappa shape index (κ1) is 24.4. The maximum Gasteiger partial charge on any atom is 0.243 e. The molecule has 0 saturated carbocycles. The average Bonchev–Trinajstić information content (AvgIpc) is 3.29. The number of hydrogen-bond donors (Lipinski definition) is 1. The molecule has 0 unspecified atom stereocenters. The zero-order valence-corrected chi connectivity index (χ0v) is 19.9. The molecule has 0 fully saturated rings. The highest BCUT2D eigenvalue weighted by Gasteiger charge is 2.18. The first-order valence-corrected chi connectivity index (χ1v) is 11.7. The Morgan fingerprint density at radius 3 is 2.61 bits per heavy atom. The minimum Gasteiger partial charge on any atom is -0.490 e. The van der Waals surface area contributed by atoms with Crippen molar-refractivity contribution in [3.8, 4) is 33.0 Å². The van der Waals surface area contributed by atoms with Gasteiger partial charge >= 0.3 is 0 Å². The second-order valence-corrected chi connectivity index (χ2v) is 8.93. The number of carbonyl (C=O) groups is 1. The molecule has 0 radical (unpaired) electrons. The van der Waals surface area contributed by atoms with Crippen molar-refractivity contribution in [2.45, 2.75) is 45.6 Å². The highest BCUT2D eigenvalue weighted by Crippen LogP contribution is 2.36. The van der Waals surface area contributed by atoms with E-state index in [9.17, 15) is 10.1 Å². The molecule has 0 aliphatic heterocycles. The third-order valence-corrected chi connectivity index (χ3v) is 6.05. The summed E-state index contributed by atoms with van der Waals surface area (Å²) in [4.78, 5) is 9.70. The number of nitriles is 1. The van der Waals surface area contributed by atoms with Gasteiger partial charge in [-0.15, -0.1) is 10.2 Å². The Bertz CT molecular complexity index is 1150. The van der Waals surface area contributed by atoms with Gasteiger partial charge in [0.05, 0.1) is 11.7 Å². The van der Waals surface area contributed by atoms with Crippen LogP contribution in [0.2, 0.25) is 0 Å². The second kappa shape index (κ2) is 11.5. The number of aryl methyl sites for hydroxylation is 1. The van der Waals surface area contributed by atoms with E-state index in [0.29, 0.717) is 11.3 Å². The van der Waals surface area contributed by atoms with Crippen LogP contribution in [-0.4, -0.2) is 35.9 Å². The summed E-state index contributed by atoms with van der Waals surface area (Å²) in [7, 11) is 1.42. The van der Waals surface area contributed by atoms with Gasteiger partial charge in [-0.05, 0) is 68.9 Å². The molecule has 1 aromatic heterocycles. The number of primary amides is 1. The molecule has 1 aliphatic rings. The van der Waals surface area contributed by atoms with E-state index < -0.39 is 5.91 Å². The first-order valence-electron chi connectivity index (χ1n) is 10.9. The van der Waals surface area contributed by atoms with Gasteiger partial charge < -0.3 is 15.2 Å². The summed E-state index contributed by atoms with van der Waals surface area (Å²) < 4.78 is 10.0. The molecule has 33 heavy (non-hydrogen) atoms. The zero-order valence-electron chi connectivity index (χ0n) is 19.1. The highest BCUT2D eigenvalue weighted by molar-refractivity contribution is 7.17. The Kier molecular flexibility index (Phi) is 8.52.